The number of rotatable bonds is 6. The lowest BCUT2D eigenvalue weighted by atomic mass is 10.0. The van der Waals surface area contributed by atoms with Crippen molar-refractivity contribution >= 4 is 5.91 Å². The summed E-state index contributed by atoms with van der Waals surface area (Å²) < 4.78 is 0. The molecule has 0 radical (unpaired) electrons. The van der Waals surface area contributed by atoms with E-state index in [1.54, 1.807) is 0 Å². The van der Waals surface area contributed by atoms with Crippen LogP contribution in [0.15, 0.2) is 12.7 Å². The van der Waals surface area contributed by atoms with Gasteiger partial charge < -0.3 is 10.2 Å². The molecule has 0 bridgehead atoms. The molecule has 1 amide bonds. The number of carbonyl (C=O) groups excluding carboxylic acids is 1. The van der Waals surface area contributed by atoms with E-state index in [2.05, 4.69) is 23.7 Å². The van der Waals surface area contributed by atoms with E-state index in [9.17, 15) is 4.79 Å². The average molecular weight is 224 g/mol. The van der Waals surface area contributed by atoms with Crippen molar-refractivity contribution in [2.45, 2.75) is 45.1 Å². The molecule has 0 aromatic rings. The second kappa shape index (κ2) is 7.44. The van der Waals surface area contributed by atoms with Crippen molar-refractivity contribution in [2.75, 3.05) is 19.6 Å². The zero-order valence-electron chi connectivity index (χ0n) is 10.4. The Balaban J connectivity index is 2.50. The van der Waals surface area contributed by atoms with Gasteiger partial charge in [-0.2, -0.15) is 0 Å². The summed E-state index contributed by atoms with van der Waals surface area (Å²) in [5.74, 6) is 0.300. The fourth-order valence-electron chi connectivity index (χ4n) is 2.24. The minimum absolute atomic E-state index is 0.300. The first kappa shape index (κ1) is 13.2. The molecule has 0 saturated carbocycles. The van der Waals surface area contributed by atoms with Crippen molar-refractivity contribution in [1.29, 1.82) is 0 Å². The Morgan fingerprint density at radius 1 is 1.50 bits per heavy atom. The fraction of sp³-hybridized carbons (Fsp3) is 0.769. The predicted octanol–water partition coefficient (Wildman–Crippen LogP) is 1.94. The van der Waals surface area contributed by atoms with Crippen LogP contribution in [-0.2, 0) is 4.79 Å². The van der Waals surface area contributed by atoms with Gasteiger partial charge in [0.25, 0.3) is 0 Å². The van der Waals surface area contributed by atoms with Crippen LogP contribution in [0.5, 0.6) is 0 Å². The molecule has 1 heterocycles. The zero-order chi connectivity index (χ0) is 11.8. The molecule has 1 fully saturated rings. The third-order valence-electron chi connectivity index (χ3n) is 3.10. The number of hydrogen-bond acceptors (Lipinski definition) is 2. The Morgan fingerprint density at radius 3 is 2.75 bits per heavy atom. The van der Waals surface area contributed by atoms with Gasteiger partial charge in [-0.15, -0.1) is 6.58 Å². The number of allylic oxidation sites excluding steroid dienone is 1. The number of amides is 1. The van der Waals surface area contributed by atoms with Crippen LogP contribution in [0.1, 0.15) is 39.0 Å². The van der Waals surface area contributed by atoms with Gasteiger partial charge in [0.1, 0.15) is 0 Å². The molecule has 92 valence electrons. The molecule has 1 aliphatic heterocycles. The van der Waals surface area contributed by atoms with E-state index < -0.39 is 0 Å². The molecule has 0 aliphatic carbocycles. The lowest BCUT2D eigenvalue weighted by molar-refractivity contribution is -0.134. The second-order valence-corrected chi connectivity index (χ2v) is 4.40. The highest BCUT2D eigenvalue weighted by atomic mass is 16.2. The van der Waals surface area contributed by atoms with Gasteiger partial charge in [0.2, 0.25) is 5.91 Å². The van der Waals surface area contributed by atoms with Crippen molar-refractivity contribution < 1.29 is 4.79 Å². The topological polar surface area (TPSA) is 32.3 Å². The van der Waals surface area contributed by atoms with Crippen LogP contribution in [0.2, 0.25) is 0 Å². The first-order valence-electron chi connectivity index (χ1n) is 6.40. The zero-order valence-corrected chi connectivity index (χ0v) is 10.4. The molecule has 1 N–H and O–H groups in total. The largest absolute Gasteiger partial charge is 0.340 e. The van der Waals surface area contributed by atoms with Gasteiger partial charge in [0, 0.05) is 19.0 Å². The molecule has 0 atom stereocenters. The third-order valence-corrected chi connectivity index (χ3v) is 3.10. The van der Waals surface area contributed by atoms with Crippen LogP contribution >= 0.6 is 0 Å². The first-order valence-corrected chi connectivity index (χ1v) is 6.40. The summed E-state index contributed by atoms with van der Waals surface area (Å²) in [5.41, 5.74) is 0. The highest BCUT2D eigenvalue weighted by Gasteiger charge is 2.23. The molecule has 3 heteroatoms. The van der Waals surface area contributed by atoms with E-state index in [4.69, 9.17) is 0 Å². The van der Waals surface area contributed by atoms with Crippen LogP contribution in [-0.4, -0.2) is 36.5 Å². The third kappa shape index (κ3) is 3.97. The lowest BCUT2D eigenvalue weighted by Gasteiger charge is -2.34. The Hall–Kier alpha value is -0.830. The molecular weight excluding hydrogens is 200 g/mol. The summed E-state index contributed by atoms with van der Waals surface area (Å²) in [6, 6.07) is 0.457. The summed E-state index contributed by atoms with van der Waals surface area (Å²) in [6.07, 6.45) is 6.48. The van der Waals surface area contributed by atoms with Crippen LogP contribution < -0.4 is 5.32 Å². The Kier molecular flexibility index (Phi) is 6.16. The van der Waals surface area contributed by atoms with Gasteiger partial charge in [0.05, 0.1) is 0 Å². The maximum Gasteiger partial charge on any atom is 0.223 e. The van der Waals surface area contributed by atoms with Gasteiger partial charge in [-0.3, -0.25) is 4.79 Å². The van der Waals surface area contributed by atoms with Gasteiger partial charge in [-0.1, -0.05) is 13.0 Å². The first-order chi connectivity index (χ1) is 7.79. The second-order valence-electron chi connectivity index (χ2n) is 4.40. The van der Waals surface area contributed by atoms with Crippen LogP contribution in [0.25, 0.3) is 0 Å². The van der Waals surface area contributed by atoms with Crippen molar-refractivity contribution in [2.24, 2.45) is 0 Å². The van der Waals surface area contributed by atoms with E-state index in [0.29, 0.717) is 18.4 Å². The number of piperidine rings is 1. The summed E-state index contributed by atoms with van der Waals surface area (Å²) in [5, 5.41) is 3.34. The summed E-state index contributed by atoms with van der Waals surface area (Å²) in [6.45, 7) is 8.79. The highest BCUT2D eigenvalue weighted by molar-refractivity contribution is 5.76. The summed E-state index contributed by atoms with van der Waals surface area (Å²) >= 11 is 0. The SMILES string of the molecule is C=CCCC(=O)N(CCC)C1CCNCC1. The Labute approximate surface area is 98.9 Å². The summed E-state index contributed by atoms with van der Waals surface area (Å²) in [7, 11) is 0. The van der Waals surface area contributed by atoms with Crippen LogP contribution in [0.4, 0.5) is 0 Å². The van der Waals surface area contributed by atoms with Crippen LogP contribution in [0, 0.1) is 0 Å². The molecule has 0 spiro atoms. The van der Waals surface area contributed by atoms with Gasteiger partial charge >= 0.3 is 0 Å². The molecule has 1 saturated heterocycles. The van der Waals surface area contributed by atoms with E-state index in [1.807, 2.05) is 6.08 Å². The monoisotopic (exact) mass is 224 g/mol. The van der Waals surface area contributed by atoms with Gasteiger partial charge in [-0.05, 0) is 38.8 Å². The molecule has 0 aromatic heterocycles. The highest BCUT2D eigenvalue weighted by Crippen LogP contribution is 2.14. The molecular formula is C13H24N2O. The number of nitrogens with one attached hydrogen (secondary N) is 1. The van der Waals surface area contributed by atoms with Gasteiger partial charge in [-0.25, -0.2) is 0 Å². The van der Waals surface area contributed by atoms with E-state index in [0.717, 1.165) is 45.3 Å². The fourth-order valence-corrected chi connectivity index (χ4v) is 2.24. The minimum atomic E-state index is 0.300. The molecule has 3 nitrogen and oxygen atoms in total. The Morgan fingerprint density at radius 2 is 2.19 bits per heavy atom. The molecule has 1 rings (SSSR count). The van der Waals surface area contributed by atoms with Crippen molar-refractivity contribution in [3.05, 3.63) is 12.7 Å². The minimum Gasteiger partial charge on any atom is -0.340 e. The van der Waals surface area contributed by atoms with Crippen molar-refractivity contribution in [3.63, 3.8) is 0 Å². The maximum absolute atomic E-state index is 12.0. The quantitative estimate of drug-likeness (QED) is 0.699. The van der Waals surface area contributed by atoms with Gasteiger partial charge in [0.15, 0.2) is 0 Å². The number of nitrogens with zero attached hydrogens (tertiary/aromatic N) is 1. The standard InChI is InChI=1S/C13H24N2O/c1-3-5-6-13(16)15(11-4-2)12-7-9-14-10-8-12/h3,12,14H,1,4-11H2,2H3. The molecule has 16 heavy (non-hydrogen) atoms. The number of hydrogen-bond donors (Lipinski definition) is 1. The normalized spacial score (nSPS) is 17.1. The van der Waals surface area contributed by atoms with Crippen molar-refractivity contribution in [1.82, 2.24) is 10.2 Å². The van der Waals surface area contributed by atoms with E-state index in [-0.39, 0.29) is 0 Å². The predicted molar refractivity (Wildman–Crippen MR) is 67.3 cm³/mol. The molecule has 1 aliphatic rings. The Bertz CT molecular complexity index is 222. The lowest BCUT2D eigenvalue weighted by Crippen LogP contribution is -2.46. The number of carbonyl (C=O) groups is 1. The van der Waals surface area contributed by atoms with Crippen molar-refractivity contribution in [3.8, 4) is 0 Å². The van der Waals surface area contributed by atoms with E-state index >= 15 is 0 Å². The molecule has 0 aromatic carbocycles. The van der Waals surface area contributed by atoms with Crippen LogP contribution in [0.3, 0.4) is 0 Å². The summed E-state index contributed by atoms with van der Waals surface area (Å²) in [4.78, 5) is 14.1. The average Bonchev–Trinajstić information content (AvgIpc) is 2.34. The maximum atomic E-state index is 12.0. The van der Waals surface area contributed by atoms with E-state index in [1.165, 1.54) is 0 Å². The molecule has 0 unspecified atom stereocenters. The smallest absolute Gasteiger partial charge is 0.223 e.